The first-order chi connectivity index (χ1) is 12.3. The summed E-state index contributed by atoms with van der Waals surface area (Å²) in [7, 11) is 0. The van der Waals surface area contributed by atoms with Crippen LogP contribution in [0.1, 0.15) is 31.9 Å². The molecule has 128 valence electrons. The average Bonchev–Trinajstić information content (AvgIpc) is 3.17. The van der Waals surface area contributed by atoms with Gasteiger partial charge in [-0.05, 0) is 12.3 Å². The number of amides is 1. The summed E-state index contributed by atoms with van der Waals surface area (Å²) in [4.78, 5) is 23.3. The molecule has 6 heteroatoms. The van der Waals surface area contributed by atoms with Gasteiger partial charge in [0, 0.05) is 18.5 Å². The summed E-state index contributed by atoms with van der Waals surface area (Å²) >= 11 is 0. The largest absolute Gasteiger partial charge is 0.336 e. The fourth-order valence-electron chi connectivity index (χ4n) is 3.59. The third kappa shape index (κ3) is 2.99. The summed E-state index contributed by atoms with van der Waals surface area (Å²) < 4.78 is 1.75. The first kappa shape index (κ1) is 15.7. The van der Waals surface area contributed by atoms with E-state index in [0.29, 0.717) is 24.7 Å². The van der Waals surface area contributed by atoms with Crippen LogP contribution in [0.2, 0.25) is 0 Å². The van der Waals surface area contributed by atoms with Gasteiger partial charge in [0.15, 0.2) is 0 Å². The number of carbonyl (C=O) groups excluding carboxylic acids is 1. The number of nitrogens with zero attached hydrogens (tertiary/aromatic N) is 5. The molecule has 25 heavy (non-hydrogen) atoms. The maximum atomic E-state index is 12.4. The van der Waals surface area contributed by atoms with Crippen LogP contribution in [-0.2, 0) is 11.3 Å². The first-order valence-electron chi connectivity index (χ1n) is 8.78. The summed E-state index contributed by atoms with van der Waals surface area (Å²) in [5.74, 6) is 1.24. The minimum absolute atomic E-state index is 0.219. The topological polar surface area (TPSA) is 63.4 Å². The van der Waals surface area contributed by atoms with E-state index < -0.39 is 0 Å². The molecule has 1 unspecified atom stereocenters. The lowest BCUT2D eigenvalue weighted by Gasteiger charge is -2.17. The van der Waals surface area contributed by atoms with Gasteiger partial charge in [-0.3, -0.25) is 4.79 Å². The monoisotopic (exact) mass is 335 g/mol. The number of fused-ring (bicyclic) bond motifs is 1. The van der Waals surface area contributed by atoms with Crippen molar-refractivity contribution in [2.24, 2.45) is 5.92 Å². The second kappa shape index (κ2) is 6.63. The van der Waals surface area contributed by atoms with E-state index in [-0.39, 0.29) is 5.91 Å². The van der Waals surface area contributed by atoms with Gasteiger partial charge < -0.3 is 4.90 Å². The highest BCUT2D eigenvalue weighted by atomic mass is 16.2. The van der Waals surface area contributed by atoms with E-state index in [0.717, 1.165) is 36.3 Å². The summed E-state index contributed by atoms with van der Waals surface area (Å²) in [6.45, 7) is 3.50. The molecular weight excluding hydrogens is 314 g/mol. The first-order valence-corrected chi connectivity index (χ1v) is 8.78. The minimum Gasteiger partial charge on any atom is -0.336 e. The van der Waals surface area contributed by atoms with Gasteiger partial charge in [-0.1, -0.05) is 43.7 Å². The van der Waals surface area contributed by atoms with Crippen LogP contribution < -0.4 is 0 Å². The number of benzene rings is 1. The molecule has 0 saturated carbocycles. The van der Waals surface area contributed by atoms with Crippen molar-refractivity contribution in [3.8, 4) is 11.3 Å². The maximum absolute atomic E-state index is 12.4. The Balaban J connectivity index is 1.72. The second-order valence-electron chi connectivity index (χ2n) is 6.56. The molecule has 1 aliphatic rings. The number of rotatable bonds is 5. The quantitative estimate of drug-likeness (QED) is 0.719. The summed E-state index contributed by atoms with van der Waals surface area (Å²) in [5, 5.41) is 4.40. The van der Waals surface area contributed by atoms with Crippen molar-refractivity contribution in [3.05, 3.63) is 48.4 Å². The van der Waals surface area contributed by atoms with Gasteiger partial charge in [0.25, 0.3) is 5.78 Å². The molecule has 3 heterocycles. The number of likely N-dealkylation sites (tertiary alicyclic amines) is 1. The molecule has 4 rings (SSSR count). The van der Waals surface area contributed by atoms with Gasteiger partial charge in [-0.25, -0.2) is 9.97 Å². The predicted molar refractivity (Wildman–Crippen MR) is 94.7 cm³/mol. The van der Waals surface area contributed by atoms with Gasteiger partial charge in [0.1, 0.15) is 0 Å². The molecule has 1 atom stereocenters. The van der Waals surface area contributed by atoms with Gasteiger partial charge >= 0.3 is 0 Å². The van der Waals surface area contributed by atoms with Gasteiger partial charge in [-0.15, -0.1) is 0 Å². The standard InChI is InChI=1S/C19H21N5O/c1-2-6-14-11-17(25)23(12-14)13-16-18(15-7-4-3-5-8-15)22-19-20-9-10-21-24(16)19/h3-5,7-10,14H,2,6,11-13H2,1H3. The van der Waals surface area contributed by atoms with Crippen LogP contribution in [0, 0.1) is 5.92 Å². The Morgan fingerprint density at radius 1 is 1.20 bits per heavy atom. The van der Waals surface area contributed by atoms with Crippen LogP contribution in [0.5, 0.6) is 0 Å². The van der Waals surface area contributed by atoms with E-state index in [1.165, 1.54) is 0 Å². The Kier molecular flexibility index (Phi) is 4.17. The maximum Gasteiger partial charge on any atom is 0.251 e. The fraction of sp³-hybridized carbons (Fsp3) is 0.368. The number of hydrogen-bond donors (Lipinski definition) is 0. The van der Waals surface area contributed by atoms with Crippen molar-refractivity contribution >= 4 is 11.7 Å². The zero-order chi connectivity index (χ0) is 17.2. The van der Waals surface area contributed by atoms with Crippen molar-refractivity contribution in [1.29, 1.82) is 0 Å². The Bertz CT molecular complexity index is 889. The lowest BCUT2D eigenvalue weighted by Crippen LogP contribution is -2.26. The van der Waals surface area contributed by atoms with E-state index in [1.807, 2.05) is 35.2 Å². The second-order valence-corrected chi connectivity index (χ2v) is 6.56. The minimum atomic E-state index is 0.219. The zero-order valence-electron chi connectivity index (χ0n) is 14.3. The van der Waals surface area contributed by atoms with E-state index in [2.05, 4.69) is 22.0 Å². The Morgan fingerprint density at radius 3 is 2.84 bits per heavy atom. The Labute approximate surface area is 146 Å². The predicted octanol–water partition coefficient (Wildman–Crippen LogP) is 2.94. The van der Waals surface area contributed by atoms with Gasteiger partial charge in [0.05, 0.1) is 30.3 Å². The average molecular weight is 335 g/mol. The number of imidazole rings is 1. The van der Waals surface area contributed by atoms with Crippen LogP contribution in [0.3, 0.4) is 0 Å². The lowest BCUT2D eigenvalue weighted by atomic mass is 10.0. The fourth-order valence-corrected chi connectivity index (χ4v) is 3.59. The van der Waals surface area contributed by atoms with Crippen LogP contribution in [0.15, 0.2) is 42.7 Å². The smallest absolute Gasteiger partial charge is 0.251 e. The highest BCUT2D eigenvalue weighted by Crippen LogP contribution is 2.28. The molecule has 2 aromatic heterocycles. The van der Waals surface area contributed by atoms with Crippen LogP contribution in [0.25, 0.3) is 17.0 Å². The van der Waals surface area contributed by atoms with E-state index in [9.17, 15) is 4.79 Å². The molecule has 1 aliphatic heterocycles. The van der Waals surface area contributed by atoms with E-state index >= 15 is 0 Å². The summed E-state index contributed by atoms with van der Waals surface area (Å²) in [6.07, 6.45) is 6.15. The molecule has 1 fully saturated rings. The van der Waals surface area contributed by atoms with Crippen LogP contribution in [-0.4, -0.2) is 36.9 Å². The molecule has 0 spiro atoms. The highest BCUT2D eigenvalue weighted by Gasteiger charge is 2.30. The molecular formula is C19H21N5O. The molecule has 0 bridgehead atoms. The molecule has 3 aromatic rings. The number of carbonyl (C=O) groups is 1. The molecule has 0 N–H and O–H groups in total. The lowest BCUT2D eigenvalue weighted by molar-refractivity contribution is -0.128. The van der Waals surface area contributed by atoms with Crippen molar-refractivity contribution in [2.45, 2.75) is 32.7 Å². The zero-order valence-corrected chi connectivity index (χ0v) is 14.3. The number of aromatic nitrogens is 4. The van der Waals surface area contributed by atoms with Gasteiger partial charge in [0.2, 0.25) is 5.91 Å². The van der Waals surface area contributed by atoms with Crippen LogP contribution in [0.4, 0.5) is 0 Å². The molecule has 0 radical (unpaired) electrons. The molecule has 1 saturated heterocycles. The molecule has 1 aromatic carbocycles. The van der Waals surface area contributed by atoms with E-state index in [1.54, 1.807) is 16.9 Å². The molecule has 6 nitrogen and oxygen atoms in total. The van der Waals surface area contributed by atoms with Crippen molar-refractivity contribution in [3.63, 3.8) is 0 Å². The highest BCUT2D eigenvalue weighted by molar-refractivity contribution is 5.79. The summed E-state index contributed by atoms with van der Waals surface area (Å²) in [6, 6.07) is 10.0. The third-order valence-corrected chi connectivity index (χ3v) is 4.75. The molecule has 1 amide bonds. The summed E-state index contributed by atoms with van der Waals surface area (Å²) in [5.41, 5.74) is 2.78. The van der Waals surface area contributed by atoms with Gasteiger partial charge in [-0.2, -0.15) is 9.61 Å². The Hall–Kier alpha value is -2.76. The Morgan fingerprint density at radius 2 is 2.04 bits per heavy atom. The van der Waals surface area contributed by atoms with Crippen molar-refractivity contribution in [1.82, 2.24) is 24.5 Å². The SMILES string of the molecule is CCCC1CC(=O)N(Cc2c(-c3ccccc3)nc3nccnn23)C1. The van der Waals surface area contributed by atoms with Crippen molar-refractivity contribution < 1.29 is 4.79 Å². The number of hydrogen-bond acceptors (Lipinski definition) is 4. The third-order valence-electron chi connectivity index (χ3n) is 4.75. The van der Waals surface area contributed by atoms with E-state index in [4.69, 9.17) is 0 Å². The van der Waals surface area contributed by atoms with Crippen molar-refractivity contribution in [2.75, 3.05) is 6.54 Å². The normalized spacial score (nSPS) is 17.6. The molecule has 0 aliphatic carbocycles. The van der Waals surface area contributed by atoms with Crippen LogP contribution >= 0.6 is 0 Å².